The van der Waals surface area contributed by atoms with Gasteiger partial charge >= 0.3 is 0 Å². The molecule has 0 aliphatic rings. The van der Waals surface area contributed by atoms with E-state index in [1.807, 2.05) is 38.1 Å². The van der Waals surface area contributed by atoms with Crippen LogP contribution in [0.15, 0.2) is 78.9 Å². The highest BCUT2D eigenvalue weighted by Gasteiger charge is 2.16. The monoisotopic (exact) mass is 520 g/mol. The third-order valence-corrected chi connectivity index (χ3v) is 6.05. The number of halogens is 3. The molecule has 3 nitrogen and oxygen atoms in total. The molecule has 0 atom stereocenters. The summed E-state index contributed by atoms with van der Waals surface area (Å²) in [5, 5.41) is 0. The number of benzene rings is 4. The van der Waals surface area contributed by atoms with Crippen LogP contribution in [-0.4, -0.2) is 13.2 Å². The zero-order chi connectivity index (χ0) is 26.9. The van der Waals surface area contributed by atoms with Gasteiger partial charge in [-0.3, -0.25) is 0 Å². The molecule has 4 aromatic carbocycles. The van der Waals surface area contributed by atoms with Crippen LogP contribution in [0.2, 0.25) is 0 Å². The van der Waals surface area contributed by atoms with E-state index >= 15 is 0 Å². The number of hydrogen-bond acceptors (Lipinski definition) is 3. The van der Waals surface area contributed by atoms with E-state index < -0.39 is 17.5 Å². The van der Waals surface area contributed by atoms with Crippen molar-refractivity contribution in [3.05, 3.63) is 102 Å². The van der Waals surface area contributed by atoms with E-state index in [0.29, 0.717) is 30.1 Å². The van der Waals surface area contributed by atoms with Gasteiger partial charge in [0.2, 0.25) is 5.82 Å². The molecule has 0 fully saturated rings. The topological polar surface area (TPSA) is 27.7 Å². The van der Waals surface area contributed by atoms with Crippen LogP contribution < -0.4 is 14.2 Å². The van der Waals surface area contributed by atoms with Gasteiger partial charge in [-0.25, -0.2) is 8.78 Å². The van der Waals surface area contributed by atoms with Crippen molar-refractivity contribution < 1.29 is 27.4 Å². The van der Waals surface area contributed by atoms with Crippen LogP contribution in [0, 0.1) is 17.5 Å². The van der Waals surface area contributed by atoms with Gasteiger partial charge in [-0.1, -0.05) is 62.7 Å². The van der Waals surface area contributed by atoms with E-state index in [1.165, 1.54) is 18.2 Å². The Balaban J connectivity index is 1.39. The molecule has 0 radical (unpaired) electrons. The molecular formula is C32H31F3O3. The van der Waals surface area contributed by atoms with Gasteiger partial charge in [-0.15, -0.1) is 0 Å². The van der Waals surface area contributed by atoms with Crippen molar-refractivity contribution in [3.8, 4) is 39.5 Å². The maximum atomic E-state index is 14.8. The van der Waals surface area contributed by atoms with Crippen molar-refractivity contribution >= 4 is 0 Å². The van der Waals surface area contributed by atoms with E-state index in [0.717, 1.165) is 30.4 Å². The maximum Gasteiger partial charge on any atom is 0.201 e. The molecule has 0 aliphatic heterocycles. The second-order valence-electron chi connectivity index (χ2n) is 8.94. The molecule has 0 bridgehead atoms. The minimum Gasteiger partial charge on any atom is -0.494 e. The highest BCUT2D eigenvalue weighted by Crippen LogP contribution is 2.32. The summed E-state index contributed by atoms with van der Waals surface area (Å²) in [4.78, 5) is 0. The third kappa shape index (κ3) is 6.68. The molecule has 0 amide bonds. The van der Waals surface area contributed by atoms with Gasteiger partial charge in [0.05, 0.1) is 13.2 Å². The van der Waals surface area contributed by atoms with Crippen molar-refractivity contribution in [1.29, 1.82) is 0 Å². The lowest BCUT2D eigenvalue weighted by molar-refractivity contribution is 0.285. The molecular weight excluding hydrogens is 489 g/mol. The molecule has 0 N–H and O–H groups in total. The molecule has 0 heterocycles. The molecule has 0 spiro atoms. The van der Waals surface area contributed by atoms with Gasteiger partial charge in [0.1, 0.15) is 12.4 Å². The molecule has 4 aromatic rings. The van der Waals surface area contributed by atoms with Gasteiger partial charge in [0.25, 0.3) is 0 Å². The van der Waals surface area contributed by atoms with E-state index in [-0.39, 0.29) is 23.7 Å². The highest BCUT2D eigenvalue weighted by molar-refractivity contribution is 5.66. The van der Waals surface area contributed by atoms with Crippen molar-refractivity contribution in [2.24, 2.45) is 0 Å². The smallest absolute Gasteiger partial charge is 0.201 e. The Bertz CT molecular complexity index is 1340. The van der Waals surface area contributed by atoms with E-state index in [1.54, 1.807) is 36.4 Å². The fourth-order valence-electron chi connectivity index (χ4n) is 3.90. The first kappa shape index (κ1) is 27.1. The Labute approximate surface area is 221 Å². The summed E-state index contributed by atoms with van der Waals surface area (Å²) in [7, 11) is 0. The van der Waals surface area contributed by atoms with Gasteiger partial charge in [-0.2, -0.15) is 4.39 Å². The van der Waals surface area contributed by atoms with E-state index in [9.17, 15) is 13.2 Å². The summed E-state index contributed by atoms with van der Waals surface area (Å²) in [5.41, 5.74) is 2.99. The average Bonchev–Trinajstić information content (AvgIpc) is 2.94. The van der Waals surface area contributed by atoms with Crippen molar-refractivity contribution in [3.63, 3.8) is 0 Å². The van der Waals surface area contributed by atoms with Gasteiger partial charge in [-0.05, 0) is 71.5 Å². The minimum absolute atomic E-state index is 0.0536. The summed E-state index contributed by atoms with van der Waals surface area (Å²) in [6.07, 6.45) is 2.73. The second kappa shape index (κ2) is 13.0. The number of rotatable bonds is 12. The number of unbranched alkanes of at least 4 members (excludes halogenated alkanes) is 1. The Kier molecular flexibility index (Phi) is 9.30. The predicted molar refractivity (Wildman–Crippen MR) is 144 cm³/mol. The molecule has 38 heavy (non-hydrogen) atoms. The molecule has 0 saturated heterocycles. The lowest BCUT2D eigenvalue weighted by atomic mass is 10.0. The predicted octanol–water partition coefficient (Wildman–Crippen LogP) is 8.98. The summed E-state index contributed by atoms with van der Waals surface area (Å²) in [6, 6.07) is 22.0. The third-order valence-electron chi connectivity index (χ3n) is 6.05. The normalized spacial score (nSPS) is 10.9. The largest absolute Gasteiger partial charge is 0.494 e. The Morgan fingerprint density at radius 3 is 1.95 bits per heavy atom. The zero-order valence-electron chi connectivity index (χ0n) is 21.6. The summed E-state index contributed by atoms with van der Waals surface area (Å²) >= 11 is 0. The van der Waals surface area contributed by atoms with Gasteiger partial charge in [0.15, 0.2) is 23.1 Å². The van der Waals surface area contributed by atoms with Crippen LogP contribution in [0.25, 0.3) is 22.3 Å². The Hall–Kier alpha value is -3.93. The summed E-state index contributed by atoms with van der Waals surface area (Å²) in [5.74, 6) is -1.66. The van der Waals surface area contributed by atoms with Crippen molar-refractivity contribution in [2.45, 2.75) is 39.7 Å². The van der Waals surface area contributed by atoms with Crippen LogP contribution in [0.3, 0.4) is 0 Å². The fourth-order valence-corrected chi connectivity index (χ4v) is 3.90. The quantitative estimate of drug-likeness (QED) is 0.175. The van der Waals surface area contributed by atoms with Crippen LogP contribution in [0.5, 0.6) is 17.2 Å². The van der Waals surface area contributed by atoms with Crippen LogP contribution in [0.4, 0.5) is 13.2 Å². The standard InChI is InChI=1S/C32H31F3O3/c1-3-5-19-37-29-16-12-25(20-28(29)33)23-8-6-22(7-9-23)21-38-30-17-15-27(31(34)32(30)35)24-10-13-26(14-11-24)36-18-4-2/h6-17,20H,3-5,18-19,21H2,1-2H3. The van der Waals surface area contributed by atoms with Gasteiger partial charge in [0, 0.05) is 5.56 Å². The molecule has 0 saturated carbocycles. The molecule has 0 unspecified atom stereocenters. The first-order chi connectivity index (χ1) is 18.5. The Morgan fingerprint density at radius 1 is 0.579 bits per heavy atom. The zero-order valence-corrected chi connectivity index (χ0v) is 21.6. The first-order valence-electron chi connectivity index (χ1n) is 12.9. The average molecular weight is 521 g/mol. The van der Waals surface area contributed by atoms with Crippen molar-refractivity contribution in [2.75, 3.05) is 13.2 Å². The molecule has 198 valence electrons. The van der Waals surface area contributed by atoms with Crippen LogP contribution in [0.1, 0.15) is 38.7 Å². The lowest BCUT2D eigenvalue weighted by Crippen LogP contribution is -2.00. The second-order valence-corrected chi connectivity index (χ2v) is 8.94. The Morgan fingerprint density at radius 2 is 1.26 bits per heavy atom. The molecule has 6 heteroatoms. The fraction of sp³-hybridized carbons (Fsp3) is 0.250. The summed E-state index contributed by atoms with van der Waals surface area (Å²) in [6.45, 7) is 5.19. The number of ether oxygens (including phenoxy) is 3. The SMILES string of the molecule is CCCCOc1ccc(-c2ccc(COc3ccc(-c4ccc(OCCC)cc4)c(F)c3F)cc2)cc1F. The van der Waals surface area contributed by atoms with Gasteiger partial charge < -0.3 is 14.2 Å². The van der Waals surface area contributed by atoms with E-state index in [2.05, 4.69) is 0 Å². The van der Waals surface area contributed by atoms with E-state index in [4.69, 9.17) is 14.2 Å². The van der Waals surface area contributed by atoms with Crippen molar-refractivity contribution in [1.82, 2.24) is 0 Å². The molecule has 4 rings (SSSR count). The molecule has 0 aromatic heterocycles. The van der Waals surface area contributed by atoms with Crippen LogP contribution in [-0.2, 0) is 6.61 Å². The minimum atomic E-state index is -1.04. The highest BCUT2D eigenvalue weighted by atomic mass is 19.2. The maximum absolute atomic E-state index is 14.8. The summed E-state index contributed by atoms with van der Waals surface area (Å²) < 4.78 is 60.6. The lowest BCUT2D eigenvalue weighted by Gasteiger charge is -2.12. The van der Waals surface area contributed by atoms with Crippen LogP contribution >= 0.6 is 0 Å². The number of hydrogen-bond donors (Lipinski definition) is 0. The first-order valence-corrected chi connectivity index (χ1v) is 12.9. The molecule has 0 aliphatic carbocycles.